The molecule has 0 aromatic heterocycles. The summed E-state index contributed by atoms with van der Waals surface area (Å²) in [6, 6.07) is 5.68. The zero-order chi connectivity index (χ0) is 12.7. The molecule has 1 aliphatic heterocycles. The van der Waals surface area contributed by atoms with Gasteiger partial charge in [0, 0.05) is 17.4 Å². The van der Waals surface area contributed by atoms with Gasteiger partial charge < -0.3 is 16.0 Å². The highest BCUT2D eigenvalue weighted by molar-refractivity contribution is 6.05. The van der Waals surface area contributed by atoms with E-state index in [1.807, 2.05) is 0 Å². The van der Waals surface area contributed by atoms with E-state index >= 15 is 0 Å². The third-order valence-corrected chi connectivity index (χ3v) is 3.28. The van der Waals surface area contributed by atoms with Gasteiger partial charge in [-0.05, 0) is 36.6 Å². The third-order valence-electron chi connectivity index (χ3n) is 3.28. The number of carbonyl (C=O) groups is 2. The van der Waals surface area contributed by atoms with Crippen molar-refractivity contribution in [2.45, 2.75) is 25.3 Å². The Morgan fingerprint density at radius 2 is 2.22 bits per heavy atom. The van der Waals surface area contributed by atoms with E-state index in [4.69, 9.17) is 5.73 Å². The van der Waals surface area contributed by atoms with Crippen LogP contribution in [-0.4, -0.2) is 24.4 Å². The number of carbonyl (C=O) groups excluding carboxylic acids is 2. The summed E-state index contributed by atoms with van der Waals surface area (Å²) in [7, 11) is 0. The molecule has 2 amide bonds. The molecule has 5 nitrogen and oxygen atoms in total. The molecule has 0 spiro atoms. The summed E-state index contributed by atoms with van der Waals surface area (Å²) in [6.45, 7) is 0.103. The summed E-state index contributed by atoms with van der Waals surface area (Å²) in [5.74, 6) is -0.128. The quantitative estimate of drug-likeness (QED) is 0.759. The summed E-state index contributed by atoms with van der Waals surface area (Å²) in [5.41, 5.74) is 8.04. The molecule has 2 aliphatic rings. The minimum absolute atomic E-state index is 0.0402. The Labute approximate surface area is 105 Å². The topological polar surface area (TPSA) is 75.4 Å². The summed E-state index contributed by atoms with van der Waals surface area (Å²) >= 11 is 0. The maximum Gasteiger partial charge on any atom is 0.240 e. The van der Waals surface area contributed by atoms with E-state index in [1.54, 1.807) is 18.2 Å². The van der Waals surface area contributed by atoms with E-state index in [0.29, 0.717) is 18.2 Å². The van der Waals surface area contributed by atoms with Crippen molar-refractivity contribution in [2.24, 2.45) is 0 Å². The van der Waals surface area contributed by atoms with Gasteiger partial charge in [0.05, 0.1) is 6.42 Å². The second kappa shape index (κ2) is 4.01. The molecule has 94 valence electrons. The maximum absolute atomic E-state index is 11.9. The molecule has 0 saturated heterocycles. The van der Waals surface area contributed by atoms with E-state index in [1.165, 1.54) is 4.90 Å². The third kappa shape index (κ3) is 2.03. The van der Waals surface area contributed by atoms with Crippen molar-refractivity contribution in [1.82, 2.24) is 5.32 Å². The predicted molar refractivity (Wildman–Crippen MR) is 68.1 cm³/mol. The summed E-state index contributed by atoms with van der Waals surface area (Å²) in [5, 5.41) is 2.89. The number of nitrogens with two attached hydrogens (primary N) is 1. The Balaban J connectivity index is 1.76. The maximum atomic E-state index is 11.9. The van der Waals surface area contributed by atoms with Crippen molar-refractivity contribution in [3.05, 3.63) is 23.8 Å². The number of hydrogen-bond acceptors (Lipinski definition) is 3. The number of rotatable bonds is 3. The molecule has 0 bridgehead atoms. The van der Waals surface area contributed by atoms with Crippen LogP contribution in [0.25, 0.3) is 0 Å². The average Bonchev–Trinajstić information content (AvgIpc) is 3.05. The van der Waals surface area contributed by atoms with Crippen molar-refractivity contribution < 1.29 is 9.59 Å². The van der Waals surface area contributed by atoms with Gasteiger partial charge in [0.25, 0.3) is 0 Å². The largest absolute Gasteiger partial charge is 0.399 e. The average molecular weight is 245 g/mol. The number of nitrogens with zero attached hydrogens (tertiary/aromatic N) is 1. The van der Waals surface area contributed by atoms with E-state index < -0.39 is 0 Å². The van der Waals surface area contributed by atoms with Crippen LogP contribution >= 0.6 is 0 Å². The Morgan fingerprint density at radius 1 is 1.44 bits per heavy atom. The van der Waals surface area contributed by atoms with Crippen LogP contribution < -0.4 is 16.0 Å². The van der Waals surface area contributed by atoms with Gasteiger partial charge in [0.1, 0.15) is 6.54 Å². The Morgan fingerprint density at radius 3 is 2.94 bits per heavy atom. The van der Waals surface area contributed by atoms with Crippen LogP contribution in [0.5, 0.6) is 0 Å². The standard InChI is InChI=1S/C13H15N3O2/c14-9-1-4-11-8(5-9)6-13(18)16(11)7-12(17)15-10-2-3-10/h1,4-5,10H,2-3,6-7,14H2,(H,15,17). The van der Waals surface area contributed by atoms with Crippen molar-refractivity contribution in [3.63, 3.8) is 0 Å². The lowest BCUT2D eigenvalue weighted by atomic mass is 10.1. The first kappa shape index (κ1) is 11.1. The highest BCUT2D eigenvalue weighted by Crippen LogP contribution is 2.30. The molecule has 3 rings (SSSR count). The van der Waals surface area contributed by atoms with Crippen LogP contribution in [0.2, 0.25) is 0 Å². The Bertz CT molecular complexity index is 523. The smallest absolute Gasteiger partial charge is 0.240 e. The minimum atomic E-state index is -0.0875. The first-order valence-corrected chi connectivity index (χ1v) is 6.11. The van der Waals surface area contributed by atoms with Gasteiger partial charge in [-0.2, -0.15) is 0 Å². The number of fused-ring (bicyclic) bond motifs is 1. The number of nitrogens with one attached hydrogen (secondary N) is 1. The number of nitrogen functional groups attached to an aromatic ring is 1. The molecule has 0 unspecified atom stereocenters. The van der Waals surface area contributed by atoms with Crippen molar-refractivity contribution in [3.8, 4) is 0 Å². The number of anilines is 2. The van der Waals surface area contributed by atoms with Crippen molar-refractivity contribution in [1.29, 1.82) is 0 Å². The number of amides is 2. The van der Waals surface area contributed by atoms with Gasteiger partial charge in [-0.3, -0.25) is 9.59 Å². The van der Waals surface area contributed by atoms with Gasteiger partial charge in [0.15, 0.2) is 0 Å². The molecule has 0 atom stereocenters. The van der Waals surface area contributed by atoms with Crippen LogP contribution in [-0.2, 0) is 16.0 Å². The molecule has 1 fully saturated rings. The highest BCUT2D eigenvalue weighted by Gasteiger charge is 2.30. The number of hydrogen-bond donors (Lipinski definition) is 2. The lowest BCUT2D eigenvalue weighted by molar-refractivity contribution is -0.123. The van der Waals surface area contributed by atoms with E-state index in [0.717, 1.165) is 24.1 Å². The van der Waals surface area contributed by atoms with Crippen LogP contribution in [0.1, 0.15) is 18.4 Å². The van der Waals surface area contributed by atoms with E-state index in [9.17, 15) is 9.59 Å². The second-order valence-corrected chi connectivity index (χ2v) is 4.89. The van der Waals surface area contributed by atoms with Crippen LogP contribution in [0.15, 0.2) is 18.2 Å². The fraction of sp³-hybridized carbons (Fsp3) is 0.385. The molecule has 1 aliphatic carbocycles. The van der Waals surface area contributed by atoms with Gasteiger partial charge in [-0.15, -0.1) is 0 Å². The van der Waals surface area contributed by atoms with Crippen molar-refractivity contribution in [2.75, 3.05) is 17.2 Å². The molecular weight excluding hydrogens is 230 g/mol. The SMILES string of the molecule is Nc1ccc2c(c1)CC(=O)N2CC(=O)NC1CC1. The highest BCUT2D eigenvalue weighted by atomic mass is 16.2. The molecule has 5 heteroatoms. The second-order valence-electron chi connectivity index (χ2n) is 4.89. The molecule has 1 aromatic rings. The minimum Gasteiger partial charge on any atom is -0.399 e. The summed E-state index contributed by atoms with van der Waals surface area (Å²) in [4.78, 5) is 25.2. The Hall–Kier alpha value is -2.04. The summed E-state index contributed by atoms with van der Waals surface area (Å²) in [6.07, 6.45) is 2.43. The lowest BCUT2D eigenvalue weighted by Gasteiger charge is -2.17. The molecule has 0 radical (unpaired) electrons. The van der Waals surface area contributed by atoms with Gasteiger partial charge in [-0.1, -0.05) is 0 Å². The van der Waals surface area contributed by atoms with Gasteiger partial charge >= 0.3 is 0 Å². The molecular formula is C13H15N3O2. The van der Waals surface area contributed by atoms with Crippen LogP contribution in [0, 0.1) is 0 Å². The predicted octanol–water partition coefficient (Wildman–Crippen LogP) is 0.436. The van der Waals surface area contributed by atoms with Crippen LogP contribution in [0.3, 0.4) is 0 Å². The Kier molecular flexibility index (Phi) is 2.47. The molecule has 1 heterocycles. The summed E-state index contributed by atoms with van der Waals surface area (Å²) < 4.78 is 0. The molecule has 18 heavy (non-hydrogen) atoms. The first-order chi connectivity index (χ1) is 8.63. The molecule has 1 aromatic carbocycles. The lowest BCUT2D eigenvalue weighted by Crippen LogP contribution is -2.39. The molecule has 1 saturated carbocycles. The first-order valence-electron chi connectivity index (χ1n) is 6.11. The van der Waals surface area contributed by atoms with E-state index in [2.05, 4.69) is 5.32 Å². The fourth-order valence-corrected chi connectivity index (χ4v) is 2.22. The normalized spacial score (nSPS) is 17.8. The van der Waals surface area contributed by atoms with Crippen molar-refractivity contribution >= 4 is 23.2 Å². The van der Waals surface area contributed by atoms with E-state index in [-0.39, 0.29) is 18.4 Å². The zero-order valence-corrected chi connectivity index (χ0v) is 9.98. The fourth-order valence-electron chi connectivity index (χ4n) is 2.22. The van der Waals surface area contributed by atoms with Crippen LogP contribution in [0.4, 0.5) is 11.4 Å². The molecule has 3 N–H and O–H groups in total. The monoisotopic (exact) mass is 245 g/mol. The zero-order valence-electron chi connectivity index (χ0n) is 9.98. The van der Waals surface area contributed by atoms with Gasteiger partial charge in [-0.25, -0.2) is 0 Å². The number of benzene rings is 1. The van der Waals surface area contributed by atoms with Gasteiger partial charge in [0.2, 0.25) is 11.8 Å².